The van der Waals surface area contributed by atoms with Gasteiger partial charge >= 0.3 is 0 Å². The Bertz CT molecular complexity index is 267. The first-order chi connectivity index (χ1) is 5.97. The molecule has 0 fully saturated rings. The lowest BCUT2D eigenvalue weighted by atomic mass is 10.1. The molecule has 0 aliphatic carbocycles. The van der Waals surface area contributed by atoms with E-state index in [1.807, 2.05) is 19.9 Å². The van der Waals surface area contributed by atoms with Crippen molar-refractivity contribution < 1.29 is 4.74 Å². The van der Waals surface area contributed by atoms with E-state index in [-0.39, 0.29) is 5.54 Å². The van der Waals surface area contributed by atoms with Crippen molar-refractivity contribution in [3.63, 3.8) is 0 Å². The molecule has 0 atom stereocenters. The molecule has 0 spiro atoms. The van der Waals surface area contributed by atoms with Gasteiger partial charge in [-0.15, -0.1) is 11.3 Å². The van der Waals surface area contributed by atoms with Crippen LogP contribution in [0.4, 0.5) is 0 Å². The molecule has 2 N–H and O–H groups in total. The third-order valence-electron chi connectivity index (χ3n) is 1.35. The normalized spacial score (nSPS) is 12.0. The molecule has 13 heavy (non-hydrogen) atoms. The van der Waals surface area contributed by atoms with Crippen LogP contribution < -0.4 is 5.73 Å². The Labute approximate surface area is 91.2 Å². The van der Waals surface area contributed by atoms with Gasteiger partial charge in [-0.25, -0.2) is 0 Å². The van der Waals surface area contributed by atoms with Crippen LogP contribution in [0, 0.1) is 0 Å². The number of halogens is 1. The standard InChI is InChI=1S/C9H14BrNOS/c1-9(2,11)6-12-5-7-3-4-8(10)13-7/h3-4H,5-6,11H2,1-2H3. The van der Waals surface area contributed by atoms with Gasteiger partial charge in [-0.05, 0) is 41.9 Å². The van der Waals surface area contributed by atoms with Gasteiger partial charge in [0.2, 0.25) is 0 Å². The molecule has 0 aliphatic heterocycles. The first-order valence-corrected chi connectivity index (χ1v) is 5.69. The number of hydrogen-bond donors (Lipinski definition) is 1. The summed E-state index contributed by atoms with van der Waals surface area (Å²) in [6, 6.07) is 4.08. The predicted molar refractivity (Wildman–Crippen MR) is 59.9 cm³/mol. The lowest BCUT2D eigenvalue weighted by Crippen LogP contribution is -2.37. The van der Waals surface area contributed by atoms with Crippen molar-refractivity contribution in [3.05, 3.63) is 20.8 Å². The second-order valence-electron chi connectivity index (χ2n) is 3.69. The first-order valence-electron chi connectivity index (χ1n) is 4.08. The largest absolute Gasteiger partial charge is 0.374 e. The van der Waals surface area contributed by atoms with Gasteiger partial charge in [0.1, 0.15) is 0 Å². The summed E-state index contributed by atoms with van der Waals surface area (Å²) in [6.07, 6.45) is 0. The monoisotopic (exact) mass is 263 g/mol. The predicted octanol–water partition coefficient (Wildman–Crippen LogP) is 2.76. The molecule has 0 amide bonds. The van der Waals surface area contributed by atoms with E-state index in [1.165, 1.54) is 4.88 Å². The zero-order valence-corrected chi connectivity index (χ0v) is 10.2. The molecule has 4 heteroatoms. The van der Waals surface area contributed by atoms with Gasteiger partial charge in [-0.1, -0.05) is 0 Å². The number of thiophene rings is 1. The average Bonchev–Trinajstić information content (AvgIpc) is 2.33. The van der Waals surface area contributed by atoms with Crippen molar-refractivity contribution in [1.82, 2.24) is 0 Å². The summed E-state index contributed by atoms with van der Waals surface area (Å²) in [4.78, 5) is 1.22. The molecular weight excluding hydrogens is 250 g/mol. The van der Waals surface area contributed by atoms with Gasteiger partial charge in [-0.3, -0.25) is 0 Å². The van der Waals surface area contributed by atoms with Crippen LogP contribution in [-0.2, 0) is 11.3 Å². The molecule has 0 aromatic carbocycles. The fourth-order valence-electron chi connectivity index (χ4n) is 0.844. The summed E-state index contributed by atoms with van der Waals surface area (Å²) in [6.45, 7) is 5.15. The van der Waals surface area contributed by atoms with E-state index >= 15 is 0 Å². The van der Waals surface area contributed by atoms with Crippen LogP contribution in [0.3, 0.4) is 0 Å². The summed E-state index contributed by atoms with van der Waals surface area (Å²) in [5.74, 6) is 0. The Morgan fingerprint density at radius 1 is 1.54 bits per heavy atom. The minimum Gasteiger partial charge on any atom is -0.374 e. The SMILES string of the molecule is CC(C)(N)COCc1ccc(Br)s1. The Kier molecular flexibility index (Phi) is 3.91. The number of ether oxygens (including phenoxy) is 1. The molecule has 74 valence electrons. The van der Waals surface area contributed by atoms with Crippen molar-refractivity contribution in [1.29, 1.82) is 0 Å². The molecule has 0 saturated carbocycles. The number of hydrogen-bond acceptors (Lipinski definition) is 3. The van der Waals surface area contributed by atoms with Crippen LogP contribution in [0.2, 0.25) is 0 Å². The second kappa shape index (κ2) is 4.55. The lowest BCUT2D eigenvalue weighted by Gasteiger charge is -2.17. The number of rotatable bonds is 4. The highest BCUT2D eigenvalue weighted by molar-refractivity contribution is 9.11. The number of nitrogens with two attached hydrogens (primary N) is 1. The lowest BCUT2D eigenvalue weighted by molar-refractivity contribution is 0.0868. The highest BCUT2D eigenvalue weighted by atomic mass is 79.9. The third-order valence-corrected chi connectivity index (χ3v) is 2.94. The summed E-state index contributed by atoms with van der Waals surface area (Å²) >= 11 is 5.09. The van der Waals surface area contributed by atoms with Gasteiger partial charge in [-0.2, -0.15) is 0 Å². The minimum atomic E-state index is -0.242. The van der Waals surface area contributed by atoms with Gasteiger partial charge in [0.15, 0.2) is 0 Å². The molecule has 0 unspecified atom stereocenters. The van der Waals surface area contributed by atoms with Crippen LogP contribution >= 0.6 is 27.3 Å². The van der Waals surface area contributed by atoms with Crippen LogP contribution in [0.25, 0.3) is 0 Å². The molecule has 0 saturated heterocycles. The zero-order chi connectivity index (χ0) is 9.90. The second-order valence-corrected chi connectivity index (χ2v) is 6.23. The van der Waals surface area contributed by atoms with Crippen molar-refractivity contribution in [3.8, 4) is 0 Å². The van der Waals surface area contributed by atoms with Crippen molar-refractivity contribution in [2.24, 2.45) is 5.73 Å². The highest BCUT2D eigenvalue weighted by Gasteiger charge is 2.10. The molecule has 2 nitrogen and oxygen atoms in total. The van der Waals surface area contributed by atoms with Crippen molar-refractivity contribution in [2.45, 2.75) is 26.0 Å². The average molecular weight is 264 g/mol. The summed E-state index contributed by atoms with van der Waals surface area (Å²) in [7, 11) is 0. The van der Waals surface area contributed by atoms with Gasteiger partial charge in [0, 0.05) is 10.4 Å². The van der Waals surface area contributed by atoms with E-state index in [1.54, 1.807) is 11.3 Å². The molecule has 1 aromatic heterocycles. The van der Waals surface area contributed by atoms with Crippen LogP contribution in [0.5, 0.6) is 0 Å². The molecule has 0 bridgehead atoms. The van der Waals surface area contributed by atoms with E-state index in [0.717, 1.165) is 3.79 Å². The van der Waals surface area contributed by atoms with E-state index < -0.39 is 0 Å². The molecular formula is C9H14BrNOS. The van der Waals surface area contributed by atoms with E-state index in [2.05, 4.69) is 22.0 Å². The molecule has 0 radical (unpaired) electrons. The van der Waals surface area contributed by atoms with Crippen molar-refractivity contribution in [2.75, 3.05) is 6.61 Å². The zero-order valence-electron chi connectivity index (χ0n) is 7.84. The summed E-state index contributed by atoms with van der Waals surface area (Å²) in [5, 5.41) is 0. The third kappa shape index (κ3) is 4.76. The highest BCUT2D eigenvalue weighted by Crippen LogP contribution is 2.22. The molecule has 0 aliphatic rings. The quantitative estimate of drug-likeness (QED) is 0.907. The van der Waals surface area contributed by atoms with E-state index in [9.17, 15) is 0 Å². The summed E-state index contributed by atoms with van der Waals surface area (Å²) < 4.78 is 6.60. The van der Waals surface area contributed by atoms with Crippen LogP contribution in [-0.4, -0.2) is 12.1 Å². The Morgan fingerprint density at radius 3 is 2.69 bits per heavy atom. The first kappa shape index (κ1) is 11.2. The maximum Gasteiger partial charge on any atom is 0.0810 e. The maximum atomic E-state index is 5.77. The van der Waals surface area contributed by atoms with Crippen LogP contribution in [0.15, 0.2) is 15.9 Å². The van der Waals surface area contributed by atoms with Crippen molar-refractivity contribution >= 4 is 27.3 Å². The van der Waals surface area contributed by atoms with Gasteiger partial charge in [0.05, 0.1) is 17.0 Å². The Morgan fingerprint density at radius 2 is 2.23 bits per heavy atom. The summed E-state index contributed by atoms with van der Waals surface area (Å²) in [5.41, 5.74) is 5.53. The Hall–Kier alpha value is 0.1000. The van der Waals surface area contributed by atoms with E-state index in [0.29, 0.717) is 13.2 Å². The van der Waals surface area contributed by atoms with Gasteiger partial charge in [0.25, 0.3) is 0 Å². The van der Waals surface area contributed by atoms with E-state index in [4.69, 9.17) is 10.5 Å². The molecule has 1 heterocycles. The fourth-order valence-corrected chi connectivity index (χ4v) is 2.26. The molecule has 1 rings (SSSR count). The fraction of sp³-hybridized carbons (Fsp3) is 0.556. The van der Waals surface area contributed by atoms with Gasteiger partial charge < -0.3 is 10.5 Å². The minimum absolute atomic E-state index is 0.242. The topological polar surface area (TPSA) is 35.2 Å². The smallest absolute Gasteiger partial charge is 0.0810 e. The molecule has 1 aromatic rings. The maximum absolute atomic E-state index is 5.77. The van der Waals surface area contributed by atoms with Crippen LogP contribution in [0.1, 0.15) is 18.7 Å². The Balaban J connectivity index is 2.28.